The van der Waals surface area contributed by atoms with E-state index >= 15 is 0 Å². The molecule has 94 valence electrons. The number of nitrogens with one attached hydrogen (secondary N) is 1. The first-order chi connectivity index (χ1) is 8.67. The van der Waals surface area contributed by atoms with Crippen LogP contribution in [0.4, 0.5) is 0 Å². The SMILES string of the molecule is NCC#Cc1ccc(CN2CC(=O)NC(=O)C2)s1. The molecule has 0 bridgehead atoms. The Hall–Kier alpha value is -1.68. The average Bonchev–Trinajstić information content (AvgIpc) is 2.72. The van der Waals surface area contributed by atoms with E-state index in [1.165, 1.54) is 0 Å². The van der Waals surface area contributed by atoms with E-state index in [1.54, 1.807) is 11.3 Å². The van der Waals surface area contributed by atoms with Gasteiger partial charge >= 0.3 is 0 Å². The van der Waals surface area contributed by atoms with Crippen molar-refractivity contribution in [3.63, 3.8) is 0 Å². The largest absolute Gasteiger partial charge is 0.320 e. The second-order valence-electron chi connectivity index (χ2n) is 3.89. The maximum atomic E-state index is 11.2. The normalized spacial score (nSPS) is 16.1. The Morgan fingerprint density at radius 2 is 2.06 bits per heavy atom. The molecule has 0 saturated carbocycles. The molecule has 6 heteroatoms. The van der Waals surface area contributed by atoms with Crippen LogP contribution in [0.3, 0.4) is 0 Å². The van der Waals surface area contributed by atoms with Crippen molar-refractivity contribution in [1.29, 1.82) is 0 Å². The standard InChI is InChI=1S/C12H13N3O2S/c13-5-1-2-9-3-4-10(18-9)6-15-7-11(16)14-12(17)8-15/h3-4H,5-8,13H2,(H,14,16,17). The molecule has 1 saturated heterocycles. The lowest BCUT2D eigenvalue weighted by atomic mass is 10.3. The average molecular weight is 263 g/mol. The summed E-state index contributed by atoms with van der Waals surface area (Å²) in [5.74, 6) is 5.26. The third kappa shape index (κ3) is 3.40. The van der Waals surface area contributed by atoms with Gasteiger partial charge in [0.1, 0.15) is 0 Å². The zero-order chi connectivity index (χ0) is 13.0. The van der Waals surface area contributed by atoms with Gasteiger partial charge in [0.05, 0.1) is 24.5 Å². The van der Waals surface area contributed by atoms with Gasteiger partial charge < -0.3 is 5.73 Å². The molecule has 2 amide bonds. The van der Waals surface area contributed by atoms with E-state index in [1.807, 2.05) is 17.0 Å². The maximum Gasteiger partial charge on any atom is 0.240 e. The van der Waals surface area contributed by atoms with Crippen molar-refractivity contribution in [1.82, 2.24) is 10.2 Å². The van der Waals surface area contributed by atoms with Gasteiger partial charge in [-0.25, -0.2) is 0 Å². The van der Waals surface area contributed by atoms with Crippen LogP contribution in [0.5, 0.6) is 0 Å². The number of thiophene rings is 1. The molecular weight excluding hydrogens is 250 g/mol. The van der Waals surface area contributed by atoms with Crippen LogP contribution < -0.4 is 11.1 Å². The van der Waals surface area contributed by atoms with Gasteiger partial charge in [0.25, 0.3) is 0 Å². The Morgan fingerprint density at radius 3 is 2.72 bits per heavy atom. The Kier molecular flexibility index (Phi) is 4.10. The van der Waals surface area contributed by atoms with Gasteiger partial charge in [0.2, 0.25) is 11.8 Å². The van der Waals surface area contributed by atoms with Gasteiger partial charge in [-0.1, -0.05) is 11.8 Å². The van der Waals surface area contributed by atoms with Crippen molar-refractivity contribution in [3.8, 4) is 11.8 Å². The lowest BCUT2D eigenvalue weighted by Gasteiger charge is -2.24. The number of piperazine rings is 1. The van der Waals surface area contributed by atoms with E-state index in [9.17, 15) is 9.59 Å². The van der Waals surface area contributed by atoms with Crippen LogP contribution in [0.2, 0.25) is 0 Å². The molecule has 3 N–H and O–H groups in total. The molecule has 1 aromatic rings. The van der Waals surface area contributed by atoms with Crippen LogP contribution in [0.1, 0.15) is 9.75 Å². The second-order valence-corrected chi connectivity index (χ2v) is 5.06. The van der Waals surface area contributed by atoms with E-state index in [0.29, 0.717) is 13.1 Å². The van der Waals surface area contributed by atoms with Crippen LogP contribution in [0, 0.1) is 11.8 Å². The van der Waals surface area contributed by atoms with Gasteiger partial charge in [-0.05, 0) is 12.1 Å². The summed E-state index contributed by atoms with van der Waals surface area (Å²) in [5.41, 5.74) is 5.30. The summed E-state index contributed by atoms with van der Waals surface area (Å²) >= 11 is 1.56. The van der Waals surface area contributed by atoms with Gasteiger partial charge in [-0.2, -0.15) is 0 Å². The highest BCUT2D eigenvalue weighted by Gasteiger charge is 2.22. The molecular formula is C12H13N3O2S. The summed E-state index contributed by atoms with van der Waals surface area (Å²) in [6.07, 6.45) is 0. The van der Waals surface area contributed by atoms with Crippen molar-refractivity contribution in [3.05, 3.63) is 21.9 Å². The van der Waals surface area contributed by atoms with Gasteiger partial charge in [0, 0.05) is 11.4 Å². The van der Waals surface area contributed by atoms with Crippen molar-refractivity contribution in [2.45, 2.75) is 6.54 Å². The lowest BCUT2D eigenvalue weighted by Crippen LogP contribution is -2.50. The van der Waals surface area contributed by atoms with Crippen LogP contribution in [0.25, 0.3) is 0 Å². The molecule has 2 heterocycles. The molecule has 2 rings (SSSR count). The third-order valence-corrected chi connectivity index (χ3v) is 3.35. The summed E-state index contributed by atoms with van der Waals surface area (Å²) in [7, 11) is 0. The number of hydrogen-bond donors (Lipinski definition) is 2. The van der Waals surface area contributed by atoms with Crippen LogP contribution in [-0.4, -0.2) is 36.3 Å². The van der Waals surface area contributed by atoms with Crippen LogP contribution >= 0.6 is 11.3 Å². The van der Waals surface area contributed by atoms with Crippen molar-refractivity contribution in [2.24, 2.45) is 5.73 Å². The number of amides is 2. The predicted molar refractivity (Wildman–Crippen MR) is 68.7 cm³/mol. The summed E-state index contributed by atoms with van der Waals surface area (Å²) in [5, 5.41) is 2.28. The van der Waals surface area contributed by atoms with Crippen molar-refractivity contribution < 1.29 is 9.59 Å². The molecule has 0 unspecified atom stereocenters. The first-order valence-corrected chi connectivity index (χ1v) is 6.31. The maximum absolute atomic E-state index is 11.2. The zero-order valence-corrected chi connectivity index (χ0v) is 10.5. The Bertz CT molecular complexity index is 511. The third-order valence-electron chi connectivity index (χ3n) is 2.37. The highest BCUT2D eigenvalue weighted by atomic mass is 32.1. The van der Waals surface area contributed by atoms with E-state index < -0.39 is 0 Å². The quantitative estimate of drug-likeness (QED) is 0.558. The van der Waals surface area contributed by atoms with E-state index in [0.717, 1.165) is 9.75 Å². The Labute approximate surface area is 109 Å². The molecule has 0 atom stereocenters. The second kappa shape index (κ2) is 5.78. The van der Waals surface area contributed by atoms with Crippen LogP contribution in [-0.2, 0) is 16.1 Å². The molecule has 5 nitrogen and oxygen atoms in total. The molecule has 1 fully saturated rings. The monoisotopic (exact) mass is 263 g/mol. The van der Waals surface area contributed by atoms with Gasteiger partial charge in [0.15, 0.2) is 0 Å². The molecule has 1 aromatic heterocycles. The zero-order valence-electron chi connectivity index (χ0n) is 9.73. The fraction of sp³-hybridized carbons (Fsp3) is 0.333. The summed E-state index contributed by atoms with van der Waals surface area (Å²) in [6, 6.07) is 3.89. The van der Waals surface area contributed by atoms with Gasteiger partial charge in [-0.15, -0.1) is 11.3 Å². The first kappa shape index (κ1) is 12.8. The number of imide groups is 1. The van der Waals surface area contributed by atoms with Crippen molar-refractivity contribution in [2.75, 3.05) is 19.6 Å². The number of nitrogens with two attached hydrogens (primary N) is 1. The minimum absolute atomic E-state index is 0.244. The predicted octanol–water partition coefficient (Wildman–Crippen LogP) is -0.483. The minimum atomic E-state index is -0.244. The first-order valence-electron chi connectivity index (χ1n) is 5.50. The molecule has 18 heavy (non-hydrogen) atoms. The van der Waals surface area contributed by atoms with Crippen molar-refractivity contribution >= 4 is 23.2 Å². The topological polar surface area (TPSA) is 75.4 Å². The summed E-state index contributed by atoms with van der Waals surface area (Å²) in [4.78, 5) is 26.3. The minimum Gasteiger partial charge on any atom is -0.320 e. The summed E-state index contributed by atoms with van der Waals surface area (Å²) in [6.45, 7) is 1.45. The number of carbonyl (C=O) groups is 2. The number of rotatable bonds is 2. The highest BCUT2D eigenvalue weighted by molar-refractivity contribution is 7.12. The molecule has 1 aliphatic rings. The fourth-order valence-corrected chi connectivity index (χ4v) is 2.62. The lowest BCUT2D eigenvalue weighted by molar-refractivity contribution is -0.136. The molecule has 0 spiro atoms. The molecule has 0 aliphatic carbocycles. The Balaban J connectivity index is 1.98. The van der Waals surface area contributed by atoms with Crippen LogP contribution in [0.15, 0.2) is 12.1 Å². The van der Waals surface area contributed by atoms with E-state index in [4.69, 9.17) is 5.73 Å². The number of nitrogens with zero attached hydrogens (tertiary/aromatic N) is 1. The smallest absolute Gasteiger partial charge is 0.240 e. The number of carbonyl (C=O) groups excluding carboxylic acids is 2. The summed E-state index contributed by atoms with van der Waals surface area (Å²) < 4.78 is 0. The van der Waals surface area contributed by atoms with Gasteiger partial charge in [-0.3, -0.25) is 19.8 Å². The molecule has 0 aromatic carbocycles. The van der Waals surface area contributed by atoms with E-state index in [2.05, 4.69) is 17.2 Å². The molecule has 1 aliphatic heterocycles. The molecule has 0 radical (unpaired) electrons. The highest BCUT2D eigenvalue weighted by Crippen LogP contribution is 2.17. The fourth-order valence-electron chi connectivity index (χ4n) is 1.70. The number of hydrogen-bond acceptors (Lipinski definition) is 5. The Morgan fingerprint density at radius 1 is 1.33 bits per heavy atom. The van der Waals surface area contributed by atoms with E-state index in [-0.39, 0.29) is 24.9 Å².